The molecule has 7 heteroatoms. The van der Waals surface area contributed by atoms with Gasteiger partial charge in [0.15, 0.2) is 0 Å². The number of hydrogen-bond donors (Lipinski definition) is 2. The Morgan fingerprint density at radius 3 is 2.26 bits per heavy atom. The second kappa shape index (κ2) is 9.08. The molecule has 0 radical (unpaired) electrons. The summed E-state index contributed by atoms with van der Waals surface area (Å²) in [7, 11) is 0. The summed E-state index contributed by atoms with van der Waals surface area (Å²) in [5, 5.41) is 6.85. The lowest BCUT2D eigenvalue weighted by atomic mass is 9.78. The van der Waals surface area contributed by atoms with Crippen LogP contribution >= 0.6 is 23.2 Å². The van der Waals surface area contributed by atoms with Crippen LogP contribution in [0.4, 0.5) is 11.5 Å². The van der Waals surface area contributed by atoms with E-state index in [0.29, 0.717) is 27.1 Å². The molecule has 1 heterocycles. The molecule has 0 spiro atoms. The van der Waals surface area contributed by atoms with Gasteiger partial charge in [0.1, 0.15) is 5.82 Å². The zero-order valence-corrected chi connectivity index (χ0v) is 18.2. The van der Waals surface area contributed by atoms with Crippen molar-refractivity contribution in [2.24, 2.45) is 0 Å². The average Bonchev–Trinajstić information content (AvgIpc) is 3.27. The zero-order valence-electron chi connectivity index (χ0n) is 16.7. The van der Waals surface area contributed by atoms with Crippen LogP contribution in [0.25, 0.3) is 0 Å². The van der Waals surface area contributed by atoms with Gasteiger partial charge in [0.05, 0.1) is 17.3 Å². The molecule has 2 aromatic carbocycles. The van der Waals surface area contributed by atoms with E-state index in [1.807, 2.05) is 24.3 Å². The van der Waals surface area contributed by atoms with E-state index < -0.39 is 5.41 Å². The van der Waals surface area contributed by atoms with Gasteiger partial charge in [-0.25, -0.2) is 4.98 Å². The number of rotatable bonds is 5. The molecular weight excluding hydrogens is 433 g/mol. The third kappa shape index (κ3) is 4.73. The van der Waals surface area contributed by atoms with E-state index in [9.17, 15) is 9.59 Å². The normalized spacial score (nSPS) is 14.8. The molecule has 158 valence electrons. The van der Waals surface area contributed by atoms with Gasteiger partial charge in [0.25, 0.3) is 5.91 Å². The maximum atomic E-state index is 13.2. The minimum absolute atomic E-state index is 0.0511. The summed E-state index contributed by atoms with van der Waals surface area (Å²) in [6.45, 7) is 0. The van der Waals surface area contributed by atoms with Gasteiger partial charge in [-0.05, 0) is 60.9 Å². The molecule has 1 saturated carbocycles. The first kappa shape index (κ1) is 21.3. The van der Waals surface area contributed by atoms with E-state index in [0.717, 1.165) is 31.2 Å². The van der Waals surface area contributed by atoms with Crippen LogP contribution in [-0.2, 0) is 10.2 Å². The Hall–Kier alpha value is -2.89. The fraction of sp³-hybridized carbons (Fsp3) is 0.208. The van der Waals surface area contributed by atoms with Crippen molar-refractivity contribution in [1.82, 2.24) is 4.98 Å². The third-order valence-corrected chi connectivity index (χ3v) is 6.13. The Labute approximate surface area is 190 Å². The Balaban J connectivity index is 1.46. The quantitative estimate of drug-likeness (QED) is 0.490. The monoisotopic (exact) mass is 453 g/mol. The van der Waals surface area contributed by atoms with Gasteiger partial charge in [0, 0.05) is 15.6 Å². The van der Waals surface area contributed by atoms with E-state index in [-0.39, 0.29) is 11.8 Å². The van der Waals surface area contributed by atoms with Gasteiger partial charge in [-0.15, -0.1) is 0 Å². The lowest BCUT2D eigenvalue weighted by molar-refractivity contribution is -0.121. The number of halogens is 2. The molecule has 31 heavy (non-hydrogen) atoms. The van der Waals surface area contributed by atoms with Crippen molar-refractivity contribution in [3.8, 4) is 0 Å². The molecule has 0 aliphatic heterocycles. The zero-order chi connectivity index (χ0) is 21.8. The molecule has 2 amide bonds. The lowest BCUT2D eigenvalue weighted by Gasteiger charge is -2.28. The fourth-order valence-electron chi connectivity index (χ4n) is 4.00. The molecule has 0 atom stereocenters. The van der Waals surface area contributed by atoms with Crippen LogP contribution in [0.3, 0.4) is 0 Å². The third-order valence-electron chi connectivity index (χ3n) is 5.64. The molecule has 5 nitrogen and oxygen atoms in total. The first-order valence-corrected chi connectivity index (χ1v) is 10.8. The van der Waals surface area contributed by atoms with Crippen LogP contribution in [0.15, 0.2) is 66.9 Å². The minimum Gasteiger partial charge on any atom is -0.324 e. The Bertz CT molecular complexity index is 1090. The van der Waals surface area contributed by atoms with Crippen molar-refractivity contribution >= 4 is 46.5 Å². The Morgan fingerprint density at radius 2 is 1.61 bits per heavy atom. The summed E-state index contributed by atoms with van der Waals surface area (Å²) in [5.41, 5.74) is 1.43. The van der Waals surface area contributed by atoms with Crippen LogP contribution in [0.2, 0.25) is 10.0 Å². The predicted octanol–water partition coefficient (Wildman–Crippen LogP) is 6.09. The Morgan fingerprint density at radius 1 is 0.871 bits per heavy atom. The molecule has 2 N–H and O–H groups in total. The van der Waals surface area contributed by atoms with E-state index in [1.165, 1.54) is 6.20 Å². The van der Waals surface area contributed by atoms with Crippen molar-refractivity contribution in [2.75, 3.05) is 10.6 Å². The minimum atomic E-state index is -0.565. The molecule has 1 aliphatic carbocycles. The maximum absolute atomic E-state index is 13.2. The number of benzene rings is 2. The van der Waals surface area contributed by atoms with Gasteiger partial charge in [0.2, 0.25) is 5.91 Å². The van der Waals surface area contributed by atoms with Crippen molar-refractivity contribution in [2.45, 2.75) is 31.1 Å². The van der Waals surface area contributed by atoms with Gasteiger partial charge in [-0.2, -0.15) is 0 Å². The molecule has 3 aromatic rings. The van der Waals surface area contributed by atoms with Gasteiger partial charge in [-0.1, -0.05) is 54.2 Å². The van der Waals surface area contributed by atoms with Crippen molar-refractivity contribution in [3.63, 3.8) is 0 Å². The largest absolute Gasteiger partial charge is 0.324 e. The summed E-state index contributed by atoms with van der Waals surface area (Å²) >= 11 is 12.0. The van der Waals surface area contributed by atoms with Crippen LogP contribution in [0, 0.1) is 0 Å². The molecular formula is C24H21Cl2N3O2. The molecule has 4 rings (SSSR count). The molecule has 1 fully saturated rings. The number of pyridine rings is 1. The number of carbonyl (C=O) groups is 2. The first-order valence-electron chi connectivity index (χ1n) is 10.1. The van der Waals surface area contributed by atoms with Gasteiger partial charge in [-0.3, -0.25) is 9.59 Å². The second-order valence-electron chi connectivity index (χ2n) is 7.65. The van der Waals surface area contributed by atoms with E-state index in [4.69, 9.17) is 23.2 Å². The molecule has 0 unspecified atom stereocenters. The molecule has 0 saturated heterocycles. The van der Waals surface area contributed by atoms with Gasteiger partial charge < -0.3 is 10.6 Å². The Kier molecular flexibility index (Phi) is 6.25. The topological polar surface area (TPSA) is 71.1 Å². The van der Waals surface area contributed by atoms with Crippen LogP contribution in [0.1, 0.15) is 41.6 Å². The highest BCUT2D eigenvalue weighted by atomic mass is 35.5. The van der Waals surface area contributed by atoms with E-state index >= 15 is 0 Å². The van der Waals surface area contributed by atoms with Crippen LogP contribution in [0.5, 0.6) is 0 Å². The van der Waals surface area contributed by atoms with E-state index in [2.05, 4.69) is 15.6 Å². The highest BCUT2D eigenvalue weighted by molar-refractivity contribution is 6.31. The van der Waals surface area contributed by atoms with Crippen molar-refractivity contribution < 1.29 is 9.59 Å². The summed E-state index contributed by atoms with van der Waals surface area (Å²) in [5.74, 6) is 0.0283. The maximum Gasteiger partial charge on any atom is 0.256 e. The van der Waals surface area contributed by atoms with E-state index in [1.54, 1.807) is 36.4 Å². The summed E-state index contributed by atoms with van der Waals surface area (Å²) < 4.78 is 0. The number of nitrogens with zero attached hydrogens (tertiary/aromatic N) is 1. The highest BCUT2D eigenvalue weighted by Gasteiger charge is 2.42. The van der Waals surface area contributed by atoms with Crippen molar-refractivity contribution in [1.29, 1.82) is 0 Å². The predicted molar refractivity (Wildman–Crippen MR) is 124 cm³/mol. The second-order valence-corrected chi connectivity index (χ2v) is 8.52. The standard InChI is InChI=1S/C24H21Cl2N3O2/c25-18-8-6-17(7-9-18)24(12-1-2-13-24)23(31)28-20-10-11-21(27-15-20)29-22(30)16-4-3-5-19(26)14-16/h3-11,14-15H,1-2,12-13H2,(H,28,31)(H,27,29,30). The summed E-state index contributed by atoms with van der Waals surface area (Å²) in [6.07, 6.45) is 5.13. The molecule has 0 bridgehead atoms. The fourth-order valence-corrected chi connectivity index (χ4v) is 4.32. The SMILES string of the molecule is O=C(Nc1ccc(NC(=O)C2(c3ccc(Cl)cc3)CCCC2)cn1)c1cccc(Cl)c1. The molecule has 1 aromatic heterocycles. The number of nitrogens with one attached hydrogen (secondary N) is 2. The highest BCUT2D eigenvalue weighted by Crippen LogP contribution is 2.42. The van der Waals surface area contributed by atoms with Gasteiger partial charge >= 0.3 is 0 Å². The lowest BCUT2D eigenvalue weighted by Crippen LogP contribution is -2.38. The smallest absolute Gasteiger partial charge is 0.256 e. The summed E-state index contributed by atoms with van der Waals surface area (Å²) in [4.78, 5) is 29.8. The first-order chi connectivity index (χ1) is 15.0. The number of anilines is 2. The summed E-state index contributed by atoms with van der Waals surface area (Å²) in [6, 6.07) is 17.6. The van der Waals surface area contributed by atoms with Crippen LogP contribution < -0.4 is 10.6 Å². The number of hydrogen-bond acceptors (Lipinski definition) is 3. The number of carbonyl (C=O) groups excluding carboxylic acids is 2. The van der Waals surface area contributed by atoms with Crippen LogP contribution in [-0.4, -0.2) is 16.8 Å². The number of amides is 2. The number of aromatic nitrogens is 1. The molecule has 1 aliphatic rings. The van der Waals surface area contributed by atoms with Crippen molar-refractivity contribution in [3.05, 3.63) is 88.0 Å². The average molecular weight is 454 g/mol.